The molecule has 0 saturated carbocycles. The second kappa shape index (κ2) is 8.02. The molecule has 86 valence electrons. The van der Waals surface area contributed by atoms with Crippen LogP contribution in [-0.4, -0.2) is 37.6 Å². The molecule has 0 rings (SSSR count). The number of esters is 2. The van der Waals surface area contributed by atoms with Crippen LogP contribution in [0.3, 0.4) is 0 Å². The summed E-state index contributed by atoms with van der Waals surface area (Å²) in [6.45, 7) is 1.96. The van der Waals surface area contributed by atoms with Crippen molar-refractivity contribution in [1.82, 2.24) is 0 Å². The Morgan fingerprint density at radius 1 is 1.40 bits per heavy atom. The van der Waals surface area contributed by atoms with Crippen molar-refractivity contribution in [3.05, 3.63) is 0 Å². The fraction of sp³-hybridized carbons (Fsp3) is 0.750. The van der Waals surface area contributed by atoms with E-state index in [1.807, 2.05) is 6.92 Å². The lowest BCUT2D eigenvalue weighted by Gasteiger charge is -2.07. The fourth-order valence-electron chi connectivity index (χ4n) is 0.746. The molecule has 0 aliphatic heterocycles. The third-order valence-corrected chi connectivity index (χ3v) is 6.70. The first-order chi connectivity index (χ1) is 7.04. The summed E-state index contributed by atoms with van der Waals surface area (Å²) >= 11 is 6.46. The van der Waals surface area contributed by atoms with Crippen molar-refractivity contribution < 1.29 is 19.1 Å². The average molecular weight is 269 g/mol. The van der Waals surface area contributed by atoms with Crippen LogP contribution < -0.4 is 0 Å². The lowest BCUT2D eigenvalue weighted by Crippen LogP contribution is -2.22. The minimum Gasteiger partial charge on any atom is -0.469 e. The maximum Gasteiger partial charge on any atom is 0.323 e. The first-order valence-corrected chi connectivity index (χ1v) is 8.33. The Bertz CT molecular complexity index is 239. The van der Waals surface area contributed by atoms with E-state index in [0.29, 0.717) is 0 Å². The van der Waals surface area contributed by atoms with Crippen LogP contribution in [0.25, 0.3) is 0 Å². The lowest BCUT2D eigenvalue weighted by atomic mass is 10.3. The van der Waals surface area contributed by atoms with Crippen LogP contribution in [0, 0.1) is 0 Å². The number of carbonyl (C=O) groups is 2. The molecule has 2 unspecified atom stereocenters. The molecule has 0 amide bonds. The number of ether oxygens (including phenoxy) is 2. The van der Waals surface area contributed by atoms with Crippen LogP contribution in [0.5, 0.6) is 0 Å². The van der Waals surface area contributed by atoms with Gasteiger partial charge in [0.2, 0.25) is 5.90 Å². The molecule has 15 heavy (non-hydrogen) atoms. The Morgan fingerprint density at radius 2 is 2.00 bits per heavy atom. The van der Waals surface area contributed by atoms with Crippen molar-refractivity contribution in [3.63, 3.8) is 0 Å². The number of rotatable bonds is 6. The quantitative estimate of drug-likeness (QED) is 0.540. The zero-order valence-electron chi connectivity index (χ0n) is 8.89. The highest BCUT2D eigenvalue weighted by Crippen LogP contribution is 2.42. The summed E-state index contributed by atoms with van der Waals surface area (Å²) in [6, 6.07) is 0. The van der Waals surface area contributed by atoms with Gasteiger partial charge < -0.3 is 9.47 Å². The summed E-state index contributed by atoms with van der Waals surface area (Å²) in [7, 11) is 2.59. The third-order valence-electron chi connectivity index (χ3n) is 1.55. The lowest BCUT2D eigenvalue weighted by molar-refractivity contribution is -0.146. The van der Waals surface area contributed by atoms with E-state index in [1.165, 1.54) is 25.6 Å². The molecule has 4 nitrogen and oxygen atoms in total. The van der Waals surface area contributed by atoms with E-state index in [-0.39, 0.29) is 6.42 Å². The maximum atomic E-state index is 11.3. The Labute approximate surface area is 99.3 Å². The maximum absolute atomic E-state index is 11.3. The molecular weight excluding hydrogens is 255 g/mol. The molecule has 0 saturated heterocycles. The van der Waals surface area contributed by atoms with Gasteiger partial charge in [0.1, 0.15) is 17.5 Å². The molecule has 0 radical (unpaired) electrons. The zero-order chi connectivity index (χ0) is 11.8. The molecule has 0 aromatic heterocycles. The van der Waals surface area contributed by atoms with Crippen molar-refractivity contribution in [2.45, 2.75) is 18.6 Å². The molecule has 0 aromatic carbocycles. The van der Waals surface area contributed by atoms with Crippen molar-refractivity contribution in [2.24, 2.45) is 0 Å². The normalized spacial score (nSPS) is 12.9. The Balaban J connectivity index is 4.37. The number of carbonyl (C=O) groups excluding carboxylic acids is 2. The Morgan fingerprint density at radius 3 is 2.40 bits per heavy atom. The molecule has 0 aliphatic rings. The molecular formula is C8H14O4PS2+. The molecule has 7 heteroatoms. The summed E-state index contributed by atoms with van der Waals surface area (Å²) in [5.41, 5.74) is 0. The minimum atomic E-state index is -0.700. The molecule has 0 aliphatic carbocycles. The van der Waals surface area contributed by atoms with Crippen LogP contribution in [0.1, 0.15) is 13.3 Å². The molecule has 0 bridgehead atoms. The first kappa shape index (κ1) is 14.8. The Hall–Kier alpha value is -0.190. The van der Waals surface area contributed by atoms with E-state index >= 15 is 0 Å². The van der Waals surface area contributed by atoms with Crippen molar-refractivity contribution in [2.75, 3.05) is 20.4 Å². The van der Waals surface area contributed by atoms with Gasteiger partial charge in [0.25, 0.3) is 0 Å². The average Bonchev–Trinajstić information content (AvgIpc) is 2.26. The van der Waals surface area contributed by atoms with Gasteiger partial charge in [-0.1, -0.05) is 0 Å². The molecule has 0 spiro atoms. The highest BCUT2D eigenvalue weighted by molar-refractivity contribution is 8.64. The van der Waals surface area contributed by atoms with E-state index in [2.05, 4.69) is 9.47 Å². The topological polar surface area (TPSA) is 52.6 Å². The van der Waals surface area contributed by atoms with Crippen LogP contribution in [0.4, 0.5) is 0 Å². The first-order valence-electron chi connectivity index (χ1n) is 4.31. The van der Waals surface area contributed by atoms with Crippen molar-refractivity contribution in [3.8, 4) is 0 Å². The van der Waals surface area contributed by atoms with E-state index in [9.17, 15) is 9.59 Å². The second-order valence-corrected chi connectivity index (χ2v) is 8.59. The number of hydrogen-bond donors (Lipinski definition) is 0. The van der Waals surface area contributed by atoms with E-state index in [4.69, 9.17) is 11.8 Å². The van der Waals surface area contributed by atoms with Crippen molar-refractivity contribution in [1.29, 1.82) is 0 Å². The van der Waals surface area contributed by atoms with Gasteiger partial charge in [-0.3, -0.25) is 9.59 Å². The highest BCUT2D eigenvalue weighted by Gasteiger charge is 2.30. The Kier molecular flexibility index (Phi) is 7.92. The number of hydrogen-bond acceptors (Lipinski definition) is 6. The van der Waals surface area contributed by atoms with E-state index in [1.54, 1.807) is 0 Å². The van der Waals surface area contributed by atoms with Gasteiger partial charge in [0.05, 0.1) is 20.6 Å². The third kappa shape index (κ3) is 6.07. The fourth-order valence-corrected chi connectivity index (χ4v) is 4.29. The second-order valence-electron chi connectivity index (χ2n) is 2.55. The summed E-state index contributed by atoms with van der Waals surface area (Å²) < 4.78 is 9.10. The summed E-state index contributed by atoms with van der Waals surface area (Å²) in [5, 5.41) is -0.536. The van der Waals surface area contributed by atoms with Crippen LogP contribution in [0.15, 0.2) is 0 Å². The predicted octanol–water partition coefficient (Wildman–Crippen LogP) is 1.70. The SMILES string of the molecule is CC[P+](=S)SC(CC(=O)OC)C(=O)OC. The smallest absolute Gasteiger partial charge is 0.323 e. The largest absolute Gasteiger partial charge is 0.469 e. The molecule has 2 atom stereocenters. The van der Waals surface area contributed by atoms with Gasteiger partial charge in [0, 0.05) is 0 Å². The molecule has 0 aromatic rings. The van der Waals surface area contributed by atoms with Gasteiger partial charge in [-0.05, 0) is 6.92 Å². The summed E-state index contributed by atoms with van der Waals surface area (Å²) in [6.07, 6.45) is 0.841. The van der Waals surface area contributed by atoms with Crippen LogP contribution in [-0.2, 0) is 30.9 Å². The standard InChI is InChI=1S/C8H14O4PS2/c1-4-13(14)15-6(8(10)12-3)5-7(9)11-2/h6H,4-5H2,1-3H3/q+1. The molecule has 0 heterocycles. The van der Waals surface area contributed by atoms with Gasteiger partial charge in [-0.15, -0.1) is 0 Å². The predicted molar refractivity (Wildman–Crippen MR) is 64.9 cm³/mol. The van der Waals surface area contributed by atoms with Gasteiger partial charge in [-0.2, -0.15) is 0 Å². The molecule has 0 N–H and O–H groups in total. The monoisotopic (exact) mass is 269 g/mol. The summed E-state index contributed by atoms with van der Waals surface area (Å²) in [4.78, 5) is 22.4. The minimum absolute atomic E-state index is 0.0172. The van der Waals surface area contributed by atoms with Gasteiger partial charge >= 0.3 is 11.9 Å². The zero-order valence-corrected chi connectivity index (χ0v) is 11.4. The number of methoxy groups -OCH3 is 2. The van der Waals surface area contributed by atoms with E-state index < -0.39 is 23.1 Å². The van der Waals surface area contributed by atoms with Gasteiger partial charge in [-0.25, -0.2) is 0 Å². The highest BCUT2D eigenvalue weighted by atomic mass is 32.9. The van der Waals surface area contributed by atoms with Crippen molar-refractivity contribution >= 4 is 41.0 Å². The van der Waals surface area contributed by atoms with Crippen LogP contribution >= 0.6 is 17.3 Å². The van der Waals surface area contributed by atoms with Crippen LogP contribution in [0.2, 0.25) is 0 Å². The molecule has 0 fully saturated rings. The summed E-state index contributed by atoms with van der Waals surface area (Å²) in [5.74, 6) is -1.54. The van der Waals surface area contributed by atoms with Gasteiger partial charge in [0.15, 0.2) is 17.1 Å². The van der Waals surface area contributed by atoms with E-state index in [0.717, 1.165) is 6.16 Å².